The maximum atomic E-state index is 11.6. The Hall–Kier alpha value is -0.650. The molecule has 1 heterocycles. The van der Waals surface area contributed by atoms with Crippen molar-refractivity contribution in [2.75, 3.05) is 33.4 Å². The fourth-order valence-corrected chi connectivity index (χ4v) is 2.37. The first-order chi connectivity index (χ1) is 9.31. The van der Waals surface area contributed by atoms with Crippen LogP contribution in [0.5, 0.6) is 0 Å². The van der Waals surface area contributed by atoms with Gasteiger partial charge in [-0.1, -0.05) is 0 Å². The Morgan fingerprint density at radius 2 is 2.05 bits per heavy atom. The van der Waals surface area contributed by atoms with Crippen LogP contribution in [0.2, 0.25) is 0 Å². The van der Waals surface area contributed by atoms with Crippen molar-refractivity contribution in [3.63, 3.8) is 0 Å². The lowest BCUT2D eigenvalue weighted by atomic mass is 10.2. The lowest BCUT2D eigenvalue weighted by molar-refractivity contribution is -0.145. The molecular weight excluding hydrogens is 256 g/mol. The van der Waals surface area contributed by atoms with E-state index in [-0.39, 0.29) is 17.6 Å². The topological polar surface area (TPSA) is 50.8 Å². The third kappa shape index (κ3) is 6.68. The SMILES string of the molecule is CCOC(=O)C1CCC(CN(C)CCOC(C)(C)C)N1. The first-order valence-corrected chi connectivity index (χ1v) is 7.57. The smallest absolute Gasteiger partial charge is 0.323 e. The number of ether oxygens (including phenoxy) is 2. The fraction of sp³-hybridized carbons (Fsp3) is 0.933. The van der Waals surface area contributed by atoms with Gasteiger partial charge in [0, 0.05) is 19.1 Å². The van der Waals surface area contributed by atoms with Gasteiger partial charge in [-0.3, -0.25) is 4.79 Å². The fourth-order valence-electron chi connectivity index (χ4n) is 2.37. The summed E-state index contributed by atoms with van der Waals surface area (Å²) in [5, 5.41) is 3.36. The van der Waals surface area contributed by atoms with Crippen LogP contribution < -0.4 is 5.32 Å². The molecule has 5 heteroatoms. The standard InChI is InChI=1S/C15H30N2O3/c1-6-19-14(18)13-8-7-12(16-13)11-17(5)9-10-20-15(2,3)4/h12-13,16H,6-11H2,1-5H3. The predicted molar refractivity (Wildman–Crippen MR) is 79.8 cm³/mol. The summed E-state index contributed by atoms with van der Waals surface area (Å²) in [7, 11) is 2.09. The van der Waals surface area contributed by atoms with E-state index in [1.807, 2.05) is 6.92 Å². The Balaban J connectivity index is 2.20. The molecule has 0 aliphatic carbocycles. The van der Waals surface area contributed by atoms with Crippen LogP contribution in [0.1, 0.15) is 40.5 Å². The molecule has 1 aliphatic heterocycles. The highest BCUT2D eigenvalue weighted by atomic mass is 16.5. The van der Waals surface area contributed by atoms with E-state index in [0.29, 0.717) is 12.6 Å². The molecule has 2 atom stereocenters. The van der Waals surface area contributed by atoms with Gasteiger partial charge in [-0.05, 0) is 47.6 Å². The number of hydrogen-bond acceptors (Lipinski definition) is 5. The van der Waals surface area contributed by atoms with Crippen LogP contribution in [0, 0.1) is 0 Å². The van der Waals surface area contributed by atoms with E-state index in [1.165, 1.54) is 0 Å². The second-order valence-electron chi connectivity index (χ2n) is 6.47. The highest BCUT2D eigenvalue weighted by molar-refractivity contribution is 5.76. The highest BCUT2D eigenvalue weighted by Gasteiger charge is 2.30. The van der Waals surface area contributed by atoms with Crippen LogP contribution >= 0.6 is 0 Å². The maximum Gasteiger partial charge on any atom is 0.323 e. The molecule has 0 bridgehead atoms. The number of hydrogen-bond donors (Lipinski definition) is 1. The average Bonchev–Trinajstić information content (AvgIpc) is 2.76. The average molecular weight is 286 g/mol. The Kier molecular flexibility index (Phi) is 6.92. The van der Waals surface area contributed by atoms with Gasteiger partial charge in [-0.25, -0.2) is 0 Å². The molecule has 1 saturated heterocycles. The van der Waals surface area contributed by atoms with E-state index in [2.05, 4.69) is 38.0 Å². The van der Waals surface area contributed by atoms with Crippen LogP contribution in [-0.2, 0) is 14.3 Å². The van der Waals surface area contributed by atoms with Crippen molar-refractivity contribution in [2.45, 2.75) is 58.2 Å². The minimum absolute atomic E-state index is 0.0819. The lowest BCUT2D eigenvalue weighted by Crippen LogP contribution is -2.42. The third-order valence-corrected chi connectivity index (χ3v) is 3.35. The molecule has 0 aromatic heterocycles. The van der Waals surface area contributed by atoms with Gasteiger partial charge in [-0.15, -0.1) is 0 Å². The van der Waals surface area contributed by atoms with Crippen LogP contribution in [0.15, 0.2) is 0 Å². The number of carbonyl (C=O) groups excluding carboxylic acids is 1. The van der Waals surface area contributed by atoms with Crippen molar-refractivity contribution in [2.24, 2.45) is 0 Å². The van der Waals surface area contributed by atoms with E-state index < -0.39 is 0 Å². The van der Waals surface area contributed by atoms with Gasteiger partial charge in [0.05, 0.1) is 18.8 Å². The number of rotatable bonds is 7. The van der Waals surface area contributed by atoms with E-state index >= 15 is 0 Å². The minimum Gasteiger partial charge on any atom is -0.465 e. The van der Waals surface area contributed by atoms with Gasteiger partial charge in [0.15, 0.2) is 0 Å². The van der Waals surface area contributed by atoms with Gasteiger partial charge in [0.2, 0.25) is 0 Å². The second kappa shape index (κ2) is 7.96. The molecule has 0 amide bonds. The van der Waals surface area contributed by atoms with Gasteiger partial charge < -0.3 is 19.7 Å². The van der Waals surface area contributed by atoms with E-state index in [1.54, 1.807) is 0 Å². The van der Waals surface area contributed by atoms with Crippen molar-refractivity contribution >= 4 is 5.97 Å². The quantitative estimate of drug-likeness (QED) is 0.717. The zero-order valence-corrected chi connectivity index (χ0v) is 13.6. The summed E-state index contributed by atoms with van der Waals surface area (Å²) in [6.07, 6.45) is 1.89. The van der Waals surface area contributed by atoms with Gasteiger partial charge in [0.25, 0.3) is 0 Å². The molecule has 1 aliphatic rings. The third-order valence-electron chi connectivity index (χ3n) is 3.35. The monoisotopic (exact) mass is 286 g/mol. The summed E-state index contributed by atoms with van der Waals surface area (Å²) in [6.45, 7) is 11.1. The molecule has 1 fully saturated rings. The molecule has 1 rings (SSSR count). The lowest BCUT2D eigenvalue weighted by Gasteiger charge is -2.24. The van der Waals surface area contributed by atoms with Crippen LogP contribution in [0.3, 0.4) is 0 Å². The summed E-state index contributed by atoms with van der Waals surface area (Å²) >= 11 is 0. The Bertz CT molecular complexity index is 302. The van der Waals surface area contributed by atoms with Crippen molar-refractivity contribution in [1.82, 2.24) is 10.2 Å². The van der Waals surface area contributed by atoms with Gasteiger partial charge in [0.1, 0.15) is 6.04 Å². The molecule has 0 spiro atoms. The summed E-state index contributed by atoms with van der Waals surface area (Å²) in [4.78, 5) is 13.9. The molecular formula is C15H30N2O3. The largest absolute Gasteiger partial charge is 0.465 e. The summed E-state index contributed by atoms with van der Waals surface area (Å²) in [5.74, 6) is -0.117. The molecule has 1 N–H and O–H groups in total. The predicted octanol–water partition coefficient (Wildman–Crippen LogP) is 1.42. The zero-order chi connectivity index (χ0) is 15.2. The van der Waals surface area contributed by atoms with E-state index in [0.717, 1.165) is 32.5 Å². The highest BCUT2D eigenvalue weighted by Crippen LogP contribution is 2.14. The molecule has 0 radical (unpaired) electrons. The van der Waals surface area contributed by atoms with Crippen molar-refractivity contribution in [3.8, 4) is 0 Å². The molecule has 118 valence electrons. The summed E-state index contributed by atoms with van der Waals surface area (Å²) in [5.41, 5.74) is -0.0819. The molecule has 20 heavy (non-hydrogen) atoms. The van der Waals surface area contributed by atoms with E-state index in [4.69, 9.17) is 9.47 Å². The number of nitrogens with zero attached hydrogens (tertiary/aromatic N) is 1. The normalized spacial score (nSPS) is 23.3. The molecule has 0 saturated carbocycles. The Morgan fingerprint density at radius 1 is 1.35 bits per heavy atom. The molecule has 0 aromatic carbocycles. The number of likely N-dealkylation sites (N-methyl/N-ethyl adjacent to an activating group) is 1. The van der Waals surface area contributed by atoms with Gasteiger partial charge >= 0.3 is 5.97 Å². The number of nitrogens with one attached hydrogen (secondary N) is 1. The minimum atomic E-state index is -0.126. The molecule has 5 nitrogen and oxygen atoms in total. The maximum absolute atomic E-state index is 11.6. The first kappa shape index (κ1) is 17.4. The Labute approximate surface area is 123 Å². The summed E-state index contributed by atoms with van der Waals surface area (Å²) in [6, 6.07) is 0.239. The van der Waals surface area contributed by atoms with Crippen LogP contribution in [0.4, 0.5) is 0 Å². The first-order valence-electron chi connectivity index (χ1n) is 7.57. The number of carbonyl (C=O) groups is 1. The van der Waals surface area contributed by atoms with Crippen molar-refractivity contribution < 1.29 is 14.3 Å². The molecule has 2 unspecified atom stereocenters. The summed E-state index contributed by atoms with van der Waals surface area (Å²) < 4.78 is 10.8. The zero-order valence-electron chi connectivity index (χ0n) is 13.6. The second-order valence-corrected chi connectivity index (χ2v) is 6.47. The Morgan fingerprint density at radius 3 is 2.65 bits per heavy atom. The van der Waals surface area contributed by atoms with Crippen LogP contribution in [-0.4, -0.2) is 61.9 Å². The van der Waals surface area contributed by atoms with Crippen LogP contribution in [0.25, 0.3) is 0 Å². The number of esters is 1. The molecule has 0 aromatic rings. The van der Waals surface area contributed by atoms with Crippen molar-refractivity contribution in [3.05, 3.63) is 0 Å². The van der Waals surface area contributed by atoms with E-state index in [9.17, 15) is 4.79 Å². The van der Waals surface area contributed by atoms with Gasteiger partial charge in [-0.2, -0.15) is 0 Å². The van der Waals surface area contributed by atoms with Crippen molar-refractivity contribution in [1.29, 1.82) is 0 Å².